The summed E-state index contributed by atoms with van der Waals surface area (Å²) >= 11 is 0. The van der Waals surface area contributed by atoms with E-state index in [2.05, 4.69) is 12.2 Å². The number of hydrogen-bond acceptors (Lipinski definition) is 3. The van der Waals surface area contributed by atoms with Crippen LogP contribution < -0.4 is 5.32 Å². The van der Waals surface area contributed by atoms with E-state index < -0.39 is 5.97 Å². The number of hydrogen-bond donors (Lipinski definition) is 2. The third kappa shape index (κ3) is 4.42. The number of nitrogens with one attached hydrogen (secondary N) is 1. The van der Waals surface area contributed by atoms with E-state index in [-0.39, 0.29) is 30.2 Å². The SMILES string of the molecule is CC1CC1C(=O)Nc1ccc(C(=O)N2CCCCC2CCC(=O)O)cc1. The molecule has 3 rings (SSSR count). The Morgan fingerprint density at radius 1 is 1.19 bits per heavy atom. The highest BCUT2D eigenvalue weighted by atomic mass is 16.4. The van der Waals surface area contributed by atoms with Gasteiger partial charge < -0.3 is 15.3 Å². The van der Waals surface area contributed by atoms with Crippen LogP contribution in [-0.2, 0) is 9.59 Å². The lowest BCUT2D eigenvalue weighted by Crippen LogP contribution is -2.43. The molecule has 0 aromatic heterocycles. The van der Waals surface area contributed by atoms with Gasteiger partial charge in [0.2, 0.25) is 5.91 Å². The molecule has 2 N–H and O–H groups in total. The average Bonchev–Trinajstić information content (AvgIpc) is 3.37. The van der Waals surface area contributed by atoms with E-state index in [1.165, 1.54) is 0 Å². The molecule has 2 amide bonds. The van der Waals surface area contributed by atoms with Crippen LogP contribution in [0.15, 0.2) is 24.3 Å². The molecule has 2 aliphatic rings. The topological polar surface area (TPSA) is 86.7 Å². The van der Waals surface area contributed by atoms with E-state index in [0.29, 0.717) is 30.1 Å². The van der Waals surface area contributed by atoms with Crippen molar-refractivity contribution in [3.63, 3.8) is 0 Å². The summed E-state index contributed by atoms with van der Waals surface area (Å²) < 4.78 is 0. The number of carbonyl (C=O) groups excluding carboxylic acids is 2. The molecule has 1 aromatic carbocycles. The molecule has 1 aliphatic heterocycles. The van der Waals surface area contributed by atoms with Crippen molar-refractivity contribution >= 4 is 23.5 Å². The van der Waals surface area contributed by atoms with Crippen LogP contribution in [0.2, 0.25) is 0 Å². The number of rotatable bonds is 6. The average molecular weight is 358 g/mol. The molecule has 3 unspecified atom stereocenters. The van der Waals surface area contributed by atoms with Gasteiger partial charge in [-0.3, -0.25) is 14.4 Å². The third-order valence-electron chi connectivity index (χ3n) is 5.43. The zero-order valence-electron chi connectivity index (χ0n) is 15.1. The number of amides is 2. The molecule has 1 aliphatic carbocycles. The minimum absolute atomic E-state index is 0.0110. The second-order valence-electron chi connectivity index (χ2n) is 7.47. The maximum Gasteiger partial charge on any atom is 0.303 e. The fourth-order valence-corrected chi connectivity index (χ4v) is 3.64. The Labute approximate surface area is 153 Å². The number of carboxylic acid groups (broad SMARTS) is 1. The quantitative estimate of drug-likeness (QED) is 0.818. The van der Waals surface area contributed by atoms with E-state index in [4.69, 9.17) is 5.11 Å². The fraction of sp³-hybridized carbons (Fsp3) is 0.550. The summed E-state index contributed by atoms with van der Waals surface area (Å²) in [5, 5.41) is 11.8. The number of carboxylic acids is 1. The molecule has 1 saturated heterocycles. The first-order valence-corrected chi connectivity index (χ1v) is 9.39. The van der Waals surface area contributed by atoms with Crippen LogP contribution in [0.3, 0.4) is 0 Å². The molecule has 1 heterocycles. The van der Waals surface area contributed by atoms with Gasteiger partial charge in [0, 0.05) is 36.2 Å². The number of anilines is 1. The maximum absolute atomic E-state index is 12.8. The Morgan fingerprint density at radius 3 is 2.50 bits per heavy atom. The van der Waals surface area contributed by atoms with Gasteiger partial charge in [-0.15, -0.1) is 0 Å². The first kappa shape index (κ1) is 18.4. The predicted octanol–water partition coefficient (Wildman–Crippen LogP) is 3.14. The lowest BCUT2D eigenvalue weighted by Gasteiger charge is -2.35. The van der Waals surface area contributed by atoms with E-state index in [1.54, 1.807) is 24.3 Å². The molecule has 3 atom stereocenters. The van der Waals surface area contributed by atoms with Gasteiger partial charge in [0.05, 0.1) is 0 Å². The highest BCUT2D eigenvalue weighted by molar-refractivity contribution is 5.97. The van der Waals surface area contributed by atoms with E-state index >= 15 is 0 Å². The smallest absolute Gasteiger partial charge is 0.303 e. The number of benzene rings is 1. The molecule has 26 heavy (non-hydrogen) atoms. The third-order valence-corrected chi connectivity index (χ3v) is 5.43. The molecular formula is C20H26N2O4. The van der Waals surface area contributed by atoms with Crippen LogP contribution in [0.25, 0.3) is 0 Å². The standard InChI is InChI=1S/C20H26N2O4/c1-13-12-17(13)19(25)21-15-7-5-14(6-8-15)20(26)22-11-3-2-4-16(22)9-10-18(23)24/h5-8,13,16-17H,2-4,9-12H2,1H3,(H,21,25)(H,23,24). The minimum atomic E-state index is -0.826. The van der Waals surface area contributed by atoms with Gasteiger partial charge in [-0.1, -0.05) is 6.92 Å². The number of carbonyl (C=O) groups is 3. The van der Waals surface area contributed by atoms with Crippen LogP contribution in [0, 0.1) is 11.8 Å². The first-order valence-electron chi connectivity index (χ1n) is 9.39. The second-order valence-corrected chi connectivity index (χ2v) is 7.47. The van der Waals surface area contributed by atoms with Crippen molar-refractivity contribution in [2.24, 2.45) is 11.8 Å². The second kappa shape index (κ2) is 7.89. The molecule has 0 bridgehead atoms. The lowest BCUT2D eigenvalue weighted by atomic mass is 9.97. The monoisotopic (exact) mass is 358 g/mol. The fourth-order valence-electron chi connectivity index (χ4n) is 3.64. The van der Waals surface area contributed by atoms with Crippen molar-refractivity contribution in [3.8, 4) is 0 Å². The largest absolute Gasteiger partial charge is 0.481 e. The van der Waals surface area contributed by atoms with E-state index in [9.17, 15) is 14.4 Å². The van der Waals surface area contributed by atoms with Crippen molar-refractivity contribution in [1.29, 1.82) is 0 Å². The molecule has 1 saturated carbocycles. The van der Waals surface area contributed by atoms with Crippen molar-refractivity contribution in [2.45, 2.75) is 51.5 Å². The van der Waals surface area contributed by atoms with Gasteiger partial charge in [-0.2, -0.15) is 0 Å². The summed E-state index contributed by atoms with van der Waals surface area (Å²) in [6.07, 6.45) is 4.34. The molecule has 6 heteroatoms. The van der Waals surface area contributed by atoms with Gasteiger partial charge in [0.25, 0.3) is 5.91 Å². The van der Waals surface area contributed by atoms with E-state index in [1.807, 2.05) is 4.90 Å². The zero-order chi connectivity index (χ0) is 18.7. The van der Waals surface area contributed by atoms with Crippen molar-refractivity contribution in [1.82, 2.24) is 4.90 Å². The normalized spacial score (nSPS) is 24.8. The Kier molecular flexibility index (Phi) is 5.59. The van der Waals surface area contributed by atoms with Crippen LogP contribution in [0.4, 0.5) is 5.69 Å². The molecule has 2 fully saturated rings. The van der Waals surface area contributed by atoms with Crippen LogP contribution >= 0.6 is 0 Å². The van der Waals surface area contributed by atoms with Crippen molar-refractivity contribution in [3.05, 3.63) is 29.8 Å². The van der Waals surface area contributed by atoms with E-state index in [0.717, 1.165) is 25.7 Å². The number of piperidine rings is 1. The minimum Gasteiger partial charge on any atom is -0.481 e. The summed E-state index contributed by atoms with van der Waals surface area (Å²) in [6.45, 7) is 2.73. The molecule has 6 nitrogen and oxygen atoms in total. The molecule has 1 aromatic rings. The number of nitrogens with zero attached hydrogens (tertiary/aromatic N) is 1. The maximum atomic E-state index is 12.8. The Balaban J connectivity index is 1.62. The predicted molar refractivity (Wildman–Crippen MR) is 97.9 cm³/mol. The van der Waals surface area contributed by atoms with Crippen LogP contribution in [-0.4, -0.2) is 40.4 Å². The molecule has 0 radical (unpaired) electrons. The Morgan fingerprint density at radius 2 is 1.88 bits per heavy atom. The summed E-state index contributed by atoms with van der Waals surface area (Å²) in [6, 6.07) is 6.97. The first-order chi connectivity index (χ1) is 12.5. The van der Waals surface area contributed by atoms with Crippen molar-refractivity contribution < 1.29 is 19.5 Å². The van der Waals surface area contributed by atoms with Gasteiger partial charge in [-0.25, -0.2) is 0 Å². The Hall–Kier alpha value is -2.37. The summed E-state index contributed by atoms with van der Waals surface area (Å²) in [5.74, 6) is -0.277. The van der Waals surface area contributed by atoms with Crippen molar-refractivity contribution in [2.75, 3.05) is 11.9 Å². The molecular weight excluding hydrogens is 332 g/mol. The highest BCUT2D eigenvalue weighted by Crippen LogP contribution is 2.38. The van der Waals surface area contributed by atoms with Gasteiger partial charge in [0.15, 0.2) is 0 Å². The molecule has 140 valence electrons. The summed E-state index contributed by atoms with van der Waals surface area (Å²) in [4.78, 5) is 37.5. The van der Waals surface area contributed by atoms with Crippen LogP contribution in [0.5, 0.6) is 0 Å². The summed E-state index contributed by atoms with van der Waals surface area (Å²) in [5.41, 5.74) is 1.27. The highest BCUT2D eigenvalue weighted by Gasteiger charge is 2.39. The Bertz CT molecular complexity index is 686. The van der Waals surface area contributed by atoms with Gasteiger partial charge >= 0.3 is 5.97 Å². The lowest BCUT2D eigenvalue weighted by molar-refractivity contribution is -0.137. The molecule has 0 spiro atoms. The summed E-state index contributed by atoms with van der Waals surface area (Å²) in [7, 11) is 0. The number of likely N-dealkylation sites (tertiary alicyclic amines) is 1. The number of aliphatic carboxylic acids is 1. The van der Waals surface area contributed by atoms with Crippen LogP contribution in [0.1, 0.15) is 55.8 Å². The van der Waals surface area contributed by atoms with Gasteiger partial charge in [-0.05, 0) is 62.3 Å². The zero-order valence-corrected chi connectivity index (χ0v) is 15.1. The van der Waals surface area contributed by atoms with Gasteiger partial charge in [0.1, 0.15) is 0 Å².